The molecule has 0 aromatic rings. The van der Waals surface area contributed by atoms with Crippen molar-refractivity contribution >= 4 is 37.2 Å². The summed E-state index contributed by atoms with van der Waals surface area (Å²) in [5.74, 6) is 0.946. The monoisotopic (exact) mass is 381 g/mol. The van der Waals surface area contributed by atoms with Gasteiger partial charge in [0.25, 0.3) is 0 Å². The maximum absolute atomic E-state index is 10.4. The lowest BCUT2D eigenvalue weighted by atomic mass is 9.98. The van der Waals surface area contributed by atoms with Crippen molar-refractivity contribution in [2.24, 2.45) is 11.8 Å². The average Bonchev–Trinajstić information content (AvgIpc) is 2.61. The van der Waals surface area contributed by atoms with E-state index in [2.05, 4.69) is 68.2 Å². The van der Waals surface area contributed by atoms with Gasteiger partial charge in [-0.2, -0.15) is 9.78 Å². The molecule has 1 aliphatic carbocycles. The zero-order chi connectivity index (χ0) is 16.8. The van der Waals surface area contributed by atoms with Crippen LogP contribution >= 0.6 is 25.8 Å². The second-order valence-corrected chi connectivity index (χ2v) is 5.63. The van der Waals surface area contributed by atoms with Crippen LogP contribution in [-0.2, 0) is 44.1 Å². The first-order valence-corrected chi connectivity index (χ1v) is 8.20. The highest BCUT2D eigenvalue weighted by atomic mass is 32.2. The lowest BCUT2D eigenvalue weighted by molar-refractivity contribution is -0.548. The summed E-state index contributed by atoms with van der Waals surface area (Å²) < 4.78 is 33.1. The van der Waals surface area contributed by atoms with E-state index in [1.165, 1.54) is 12.8 Å². The van der Waals surface area contributed by atoms with Crippen LogP contribution in [0.15, 0.2) is 0 Å². The van der Waals surface area contributed by atoms with Crippen LogP contribution in [0.25, 0.3) is 0 Å². The molecule has 0 bridgehead atoms. The average molecular weight is 381 g/mol. The van der Waals surface area contributed by atoms with Gasteiger partial charge in [0.05, 0.1) is 17.5 Å². The Morgan fingerprint density at radius 2 is 1.73 bits per heavy atom. The smallest absolute Gasteiger partial charge is 0.221 e. The van der Waals surface area contributed by atoms with E-state index < -0.39 is 11.4 Å². The third-order valence-electron chi connectivity index (χ3n) is 3.08. The molecule has 4 atom stereocenters. The Balaban J connectivity index is 0.000000433. The van der Waals surface area contributed by atoms with Gasteiger partial charge >= 0.3 is 0 Å². The molecule has 1 rings (SSSR count). The largest absolute Gasteiger partial charge is 0.750 e. The highest BCUT2D eigenvalue weighted by molar-refractivity contribution is 7.75. The van der Waals surface area contributed by atoms with Crippen molar-refractivity contribution in [2.75, 3.05) is 6.79 Å². The first-order chi connectivity index (χ1) is 10.5. The molecule has 12 heteroatoms. The summed E-state index contributed by atoms with van der Waals surface area (Å²) in [6.45, 7) is 3.89. The van der Waals surface area contributed by atoms with Crippen LogP contribution in [0.4, 0.5) is 0 Å². The molecular weight excluding hydrogens is 360 g/mol. The molecule has 1 fully saturated rings. The van der Waals surface area contributed by atoms with Gasteiger partial charge in [0.2, 0.25) is 6.79 Å². The van der Waals surface area contributed by atoms with E-state index in [0.717, 1.165) is 12.8 Å². The van der Waals surface area contributed by atoms with E-state index in [4.69, 9.17) is 4.18 Å². The van der Waals surface area contributed by atoms with E-state index in [-0.39, 0.29) is 12.9 Å². The molecule has 0 aromatic heterocycles. The van der Waals surface area contributed by atoms with Gasteiger partial charge in [-0.15, -0.1) is 8.67 Å². The fourth-order valence-corrected chi connectivity index (χ4v) is 2.61. The first kappa shape index (κ1) is 22.5. The minimum Gasteiger partial charge on any atom is -0.750 e. The zero-order valence-corrected chi connectivity index (χ0v) is 14.8. The topological polar surface area (TPSA) is 105 Å². The molecule has 0 radical (unpaired) electrons. The summed E-state index contributed by atoms with van der Waals surface area (Å²) >= 11 is 3.95. The first-order valence-electron chi connectivity index (χ1n) is 6.47. The number of hydrogen-bond donors (Lipinski definition) is 2. The zero-order valence-electron chi connectivity index (χ0n) is 12.2. The minimum absolute atomic E-state index is 0.101. The molecule has 134 valence electrons. The van der Waals surface area contributed by atoms with Crippen LogP contribution in [0, 0.1) is 11.8 Å². The van der Waals surface area contributed by atoms with Crippen molar-refractivity contribution in [2.45, 2.75) is 45.6 Å². The third-order valence-corrected chi connectivity index (χ3v) is 3.61. The van der Waals surface area contributed by atoms with E-state index in [0.29, 0.717) is 11.8 Å². The van der Waals surface area contributed by atoms with E-state index >= 15 is 0 Å². The van der Waals surface area contributed by atoms with Gasteiger partial charge in [0.1, 0.15) is 0 Å². The quantitative estimate of drug-likeness (QED) is 0.0958. The molecule has 22 heavy (non-hydrogen) atoms. The molecule has 1 saturated carbocycles. The Bertz CT molecular complexity index is 278. The van der Waals surface area contributed by atoms with E-state index in [1.54, 1.807) is 0 Å². The summed E-state index contributed by atoms with van der Waals surface area (Å²) in [6.07, 6.45) is 4.22. The van der Waals surface area contributed by atoms with Crippen molar-refractivity contribution in [3.05, 3.63) is 0 Å². The highest BCUT2D eigenvalue weighted by Gasteiger charge is 2.24. The number of thiol groups is 2. The molecule has 9 nitrogen and oxygen atoms in total. The highest BCUT2D eigenvalue weighted by Crippen LogP contribution is 2.29. The molecule has 0 spiro atoms. The van der Waals surface area contributed by atoms with Crippen molar-refractivity contribution in [3.8, 4) is 0 Å². The lowest BCUT2D eigenvalue weighted by Crippen LogP contribution is -2.23. The summed E-state index contributed by atoms with van der Waals surface area (Å²) in [7, 11) is 0. The third kappa shape index (κ3) is 13.0. The minimum atomic E-state index is -2.36. The Morgan fingerprint density at radius 1 is 1.14 bits per heavy atom. The molecular formula is C10H21O9S3-. The van der Waals surface area contributed by atoms with Gasteiger partial charge in [-0.1, -0.05) is 36.8 Å². The van der Waals surface area contributed by atoms with Crippen molar-refractivity contribution < 1.29 is 41.5 Å². The summed E-state index contributed by atoms with van der Waals surface area (Å²) in [5, 5.41) is 7.52. The molecule has 4 unspecified atom stereocenters. The number of hydrogen-bond acceptors (Lipinski definition) is 11. The SMILES string of the molecule is CC1CCCC(C)C(OS(=O)[O-])C1.SOOOCOOOS. The molecule has 0 heterocycles. The maximum Gasteiger partial charge on any atom is 0.221 e. The van der Waals surface area contributed by atoms with Crippen LogP contribution in [0.3, 0.4) is 0 Å². The van der Waals surface area contributed by atoms with E-state index in [9.17, 15) is 8.76 Å². The summed E-state index contributed by atoms with van der Waals surface area (Å²) in [6, 6.07) is 0. The Labute approximate surface area is 143 Å². The van der Waals surface area contributed by atoms with Gasteiger partial charge in [0.15, 0.2) is 0 Å². The van der Waals surface area contributed by atoms with Crippen LogP contribution < -0.4 is 0 Å². The van der Waals surface area contributed by atoms with Crippen LogP contribution in [0.1, 0.15) is 39.5 Å². The summed E-state index contributed by atoms with van der Waals surface area (Å²) in [4.78, 5) is 8.05. The van der Waals surface area contributed by atoms with Crippen LogP contribution in [0.2, 0.25) is 0 Å². The van der Waals surface area contributed by atoms with Gasteiger partial charge < -0.3 is 4.55 Å². The van der Waals surface area contributed by atoms with Gasteiger partial charge in [-0.3, -0.25) is 4.18 Å². The Kier molecular flexibility index (Phi) is 15.4. The normalized spacial score (nSPS) is 26.7. The van der Waals surface area contributed by atoms with Crippen molar-refractivity contribution in [1.82, 2.24) is 0 Å². The van der Waals surface area contributed by atoms with E-state index in [1.807, 2.05) is 0 Å². The predicted octanol–water partition coefficient (Wildman–Crippen LogP) is 2.41. The molecule has 0 saturated heterocycles. The predicted molar refractivity (Wildman–Crippen MR) is 79.9 cm³/mol. The summed E-state index contributed by atoms with van der Waals surface area (Å²) in [5.41, 5.74) is 0. The second-order valence-electron chi connectivity index (χ2n) is 4.73. The van der Waals surface area contributed by atoms with Crippen molar-refractivity contribution in [1.29, 1.82) is 0 Å². The molecule has 0 N–H and O–H groups in total. The molecule has 0 aromatic carbocycles. The molecule has 1 aliphatic rings. The van der Waals surface area contributed by atoms with Gasteiger partial charge in [0, 0.05) is 25.8 Å². The Hall–Kier alpha value is 0.530. The lowest BCUT2D eigenvalue weighted by Gasteiger charge is -2.23. The van der Waals surface area contributed by atoms with Crippen LogP contribution in [-0.4, -0.2) is 21.7 Å². The van der Waals surface area contributed by atoms with Crippen LogP contribution in [0.5, 0.6) is 0 Å². The fourth-order valence-electron chi connectivity index (χ4n) is 2.06. The molecule has 0 amide bonds. The van der Waals surface area contributed by atoms with Gasteiger partial charge in [-0.25, -0.2) is 4.21 Å². The second kappa shape index (κ2) is 15.1. The van der Waals surface area contributed by atoms with Crippen molar-refractivity contribution in [3.63, 3.8) is 0 Å². The standard InChI is InChI=1S/C9H18O3S.CH4O6S2/c1-7-4-3-5-8(2)9(6-7)12-13(10)11;8-6-4-2-1-3-5-7-9/h7-9H,3-6H2,1-2H3,(H,10,11);8-9H,1H2/p-1. The molecule has 0 aliphatic heterocycles. The number of rotatable bonds is 8. The Morgan fingerprint density at radius 3 is 2.23 bits per heavy atom. The fraction of sp³-hybridized carbons (Fsp3) is 1.00. The van der Waals surface area contributed by atoms with Gasteiger partial charge in [-0.05, 0) is 24.7 Å². The maximum atomic E-state index is 10.4.